The van der Waals surface area contributed by atoms with Crippen molar-refractivity contribution in [3.63, 3.8) is 0 Å². The molecule has 23 heavy (non-hydrogen) atoms. The molecular formula is C18H25N3O2. The van der Waals surface area contributed by atoms with Gasteiger partial charge in [0.05, 0.1) is 23.7 Å². The second-order valence-electron chi connectivity index (χ2n) is 6.02. The zero-order valence-electron chi connectivity index (χ0n) is 14.0. The van der Waals surface area contributed by atoms with Gasteiger partial charge in [-0.3, -0.25) is 9.69 Å². The van der Waals surface area contributed by atoms with E-state index in [-0.39, 0.29) is 23.6 Å². The second-order valence-corrected chi connectivity index (χ2v) is 6.02. The van der Waals surface area contributed by atoms with Crippen molar-refractivity contribution in [1.82, 2.24) is 4.90 Å². The molecule has 124 valence electrons. The largest absolute Gasteiger partial charge is 0.505 e. The monoisotopic (exact) mass is 315 g/mol. The van der Waals surface area contributed by atoms with Crippen molar-refractivity contribution in [3.8, 4) is 11.8 Å². The third kappa shape index (κ3) is 3.83. The second kappa shape index (κ2) is 7.47. The molecule has 1 aromatic carbocycles. The normalized spacial score (nSPS) is 23.6. The summed E-state index contributed by atoms with van der Waals surface area (Å²) in [5.74, 6) is 0.297. The van der Waals surface area contributed by atoms with Gasteiger partial charge in [0.2, 0.25) is 5.91 Å². The van der Waals surface area contributed by atoms with Gasteiger partial charge in [-0.05, 0) is 43.9 Å². The molecule has 0 spiro atoms. The van der Waals surface area contributed by atoms with Crippen LogP contribution in [0.3, 0.4) is 0 Å². The Morgan fingerprint density at radius 1 is 1.39 bits per heavy atom. The number of amides is 1. The van der Waals surface area contributed by atoms with Crippen molar-refractivity contribution in [2.75, 3.05) is 18.9 Å². The van der Waals surface area contributed by atoms with Crippen LogP contribution in [0.25, 0.3) is 0 Å². The van der Waals surface area contributed by atoms with Crippen LogP contribution in [0.5, 0.6) is 5.75 Å². The Labute approximate surface area is 137 Å². The van der Waals surface area contributed by atoms with E-state index in [1.165, 1.54) is 0 Å². The lowest BCUT2D eigenvalue weighted by Gasteiger charge is -2.14. The molecule has 2 unspecified atom stereocenters. The van der Waals surface area contributed by atoms with E-state index in [4.69, 9.17) is 5.26 Å². The number of nitrogens with zero attached hydrogens (tertiary/aromatic N) is 2. The van der Waals surface area contributed by atoms with Gasteiger partial charge in [-0.15, -0.1) is 0 Å². The smallest absolute Gasteiger partial charge is 0.228 e. The molecule has 1 aromatic rings. The van der Waals surface area contributed by atoms with Crippen molar-refractivity contribution in [2.24, 2.45) is 5.92 Å². The standard InChI is InChI=1S/C16H19N3O2.C2H6/c1-19-9-11(7-12(19)8-17)16(21)18-14-4-2-3-13(15(14)20)10-5-6-10;1-2/h2-4,10-12,20H,5-7,9H2,1H3,(H,18,21);1-2H3. The van der Waals surface area contributed by atoms with Crippen molar-refractivity contribution in [3.05, 3.63) is 23.8 Å². The zero-order chi connectivity index (χ0) is 17.0. The van der Waals surface area contributed by atoms with E-state index in [1.807, 2.05) is 37.9 Å². The third-order valence-corrected chi connectivity index (χ3v) is 4.41. The minimum atomic E-state index is -0.205. The van der Waals surface area contributed by atoms with E-state index in [2.05, 4.69) is 11.4 Å². The van der Waals surface area contributed by atoms with Gasteiger partial charge in [-0.1, -0.05) is 26.0 Å². The summed E-state index contributed by atoms with van der Waals surface area (Å²) < 4.78 is 0. The van der Waals surface area contributed by atoms with Crippen molar-refractivity contribution < 1.29 is 9.90 Å². The first-order valence-electron chi connectivity index (χ1n) is 8.32. The number of nitrogens with one attached hydrogen (secondary N) is 1. The van der Waals surface area contributed by atoms with E-state index < -0.39 is 0 Å². The van der Waals surface area contributed by atoms with Crippen molar-refractivity contribution in [2.45, 2.75) is 45.1 Å². The summed E-state index contributed by atoms with van der Waals surface area (Å²) in [6.45, 7) is 4.58. The lowest BCUT2D eigenvalue weighted by Crippen LogP contribution is -2.26. The first-order valence-corrected chi connectivity index (χ1v) is 8.32. The molecule has 1 saturated heterocycles. The Kier molecular flexibility index (Phi) is 5.62. The van der Waals surface area contributed by atoms with Gasteiger partial charge in [0.15, 0.2) is 0 Å². The quantitative estimate of drug-likeness (QED) is 0.840. The average Bonchev–Trinajstić information content (AvgIpc) is 3.33. The number of benzene rings is 1. The number of para-hydroxylation sites is 1. The number of anilines is 1. The Bertz CT molecular complexity index is 605. The molecule has 5 nitrogen and oxygen atoms in total. The van der Waals surface area contributed by atoms with E-state index in [9.17, 15) is 9.90 Å². The number of nitriles is 1. The molecule has 2 atom stereocenters. The predicted octanol–water partition coefficient (Wildman–Crippen LogP) is 3.08. The minimum Gasteiger partial charge on any atom is -0.505 e. The highest BCUT2D eigenvalue weighted by Gasteiger charge is 2.34. The minimum absolute atomic E-state index is 0.122. The first-order chi connectivity index (χ1) is 11.1. The van der Waals surface area contributed by atoms with Gasteiger partial charge in [0, 0.05) is 6.54 Å². The maximum atomic E-state index is 12.3. The first kappa shape index (κ1) is 17.3. The number of aromatic hydroxyl groups is 1. The maximum Gasteiger partial charge on any atom is 0.228 e. The fourth-order valence-corrected chi connectivity index (χ4v) is 2.96. The number of hydrogen-bond donors (Lipinski definition) is 2. The Morgan fingerprint density at radius 2 is 2.09 bits per heavy atom. The number of phenolic OH excluding ortho intramolecular Hbond substituents is 1. The van der Waals surface area contributed by atoms with Gasteiger partial charge in [-0.2, -0.15) is 5.26 Å². The van der Waals surface area contributed by atoms with Gasteiger partial charge < -0.3 is 10.4 Å². The summed E-state index contributed by atoms with van der Waals surface area (Å²) in [7, 11) is 1.85. The molecule has 1 saturated carbocycles. The Balaban J connectivity index is 0.000000924. The average molecular weight is 315 g/mol. The van der Waals surface area contributed by atoms with E-state index in [1.54, 1.807) is 6.07 Å². The summed E-state index contributed by atoms with van der Waals surface area (Å²) in [4.78, 5) is 14.2. The zero-order valence-corrected chi connectivity index (χ0v) is 14.0. The van der Waals surface area contributed by atoms with Crippen LogP contribution in [0.2, 0.25) is 0 Å². The lowest BCUT2D eigenvalue weighted by atomic mass is 10.0. The molecule has 0 bridgehead atoms. The highest BCUT2D eigenvalue weighted by Crippen LogP contribution is 2.46. The van der Waals surface area contributed by atoms with Crippen LogP contribution < -0.4 is 5.32 Å². The van der Waals surface area contributed by atoms with E-state index >= 15 is 0 Å². The number of carbonyl (C=O) groups is 1. The molecule has 3 rings (SSSR count). The summed E-state index contributed by atoms with van der Waals surface area (Å²) >= 11 is 0. The molecule has 2 aliphatic rings. The van der Waals surface area contributed by atoms with Crippen LogP contribution in [0.15, 0.2) is 18.2 Å². The molecule has 2 fully saturated rings. The molecule has 1 heterocycles. The number of carbonyl (C=O) groups excluding carboxylic acids is 1. The molecule has 1 aliphatic heterocycles. The van der Waals surface area contributed by atoms with Gasteiger partial charge in [0.25, 0.3) is 0 Å². The third-order valence-electron chi connectivity index (χ3n) is 4.41. The molecular weight excluding hydrogens is 290 g/mol. The fourth-order valence-electron chi connectivity index (χ4n) is 2.96. The van der Waals surface area contributed by atoms with Crippen LogP contribution in [0.1, 0.15) is 44.6 Å². The van der Waals surface area contributed by atoms with Crippen LogP contribution in [-0.4, -0.2) is 35.5 Å². The molecule has 1 aliphatic carbocycles. The molecule has 5 heteroatoms. The Hall–Kier alpha value is -2.06. The Morgan fingerprint density at radius 3 is 2.65 bits per heavy atom. The molecule has 0 radical (unpaired) electrons. The van der Waals surface area contributed by atoms with Crippen LogP contribution in [-0.2, 0) is 4.79 Å². The highest BCUT2D eigenvalue weighted by molar-refractivity contribution is 5.94. The topological polar surface area (TPSA) is 76.4 Å². The summed E-state index contributed by atoms with van der Waals surface area (Å²) in [6.07, 6.45) is 2.74. The predicted molar refractivity (Wildman–Crippen MR) is 90.2 cm³/mol. The van der Waals surface area contributed by atoms with Crippen molar-refractivity contribution >= 4 is 11.6 Å². The van der Waals surface area contributed by atoms with E-state index in [0.29, 0.717) is 24.6 Å². The fraction of sp³-hybridized carbons (Fsp3) is 0.556. The number of rotatable bonds is 3. The van der Waals surface area contributed by atoms with Gasteiger partial charge in [0.1, 0.15) is 5.75 Å². The maximum absolute atomic E-state index is 12.3. The SMILES string of the molecule is CC.CN1CC(C(=O)Nc2cccc(C3CC3)c2O)CC1C#N. The number of phenols is 1. The van der Waals surface area contributed by atoms with Gasteiger partial charge >= 0.3 is 0 Å². The van der Waals surface area contributed by atoms with Gasteiger partial charge in [-0.25, -0.2) is 0 Å². The summed E-state index contributed by atoms with van der Waals surface area (Å²) in [5, 5.41) is 22.1. The highest BCUT2D eigenvalue weighted by atomic mass is 16.3. The summed E-state index contributed by atoms with van der Waals surface area (Å²) in [5.41, 5.74) is 1.40. The van der Waals surface area contributed by atoms with E-state index in [0.717, 1.165) is 18.4 Å². The van der Waals surface area contributed by atoms with Crippen LogP contribution in [0.4, 0.5) is 5.69 Å². The number of likely N-dealkylation sites (tertiary alicyclic amines) is 1. The van der Waals surface area contributed by atoms with Crippen LogP contribution >= 0.6 is 0 Å². The lowest BCUT2D eigenvalue weighted by molar-refractivity contribution is -0.119. The number of hydrogen-bond acceptors (Lipinski definition) is 4. The molecule has 1 amide bonds. The van der Waals surface area contributed by atoms with Crippen LogP contribution in [0, 0.1) is 17.2 Å². The van der Waals surface area contributed by atoms with Crippen molar-refractivity contribution in [1.29, 1.82) is 5.26 Å². The molecule has 0 aromatic heterocycles. The summed E-state index contributed by atoms with van der Waals surface area (Å²) in [6, 6.07) is 7.50. The molecule has 2 N–H and O–H groups in total.